The highest BCUT2D eigenvalue weighted by molar-refractivity contribution is 5.86. The van der Waals surface area contributed by atoms with E-state index in [-0.39, 0.29) is 31.3 Å². The summed E-state index contributed by atoms with van der Waals surface area (Å²) in [5, 5.41) is 25.7. The smallest absolute Gasteiger partial charge is 0.340 e. The van der Waals surface area contributed by atoms with Crippen molar-refractivity contribution in [2.24, 2.45) is 0 Å². The molecule has 0 spiro atoms. The van der Waals surface area contributed by atoms with Crippen molar-refractivity contribution in [3.63, 3.8) is 0 Å². The van der Waals surface area contributed by atoms with Crippen LogP contribution in [-0.4, -0.2) is 74.1 Å². The number of pyridine rings is 2. The number of aliphatic hydroxyl groups excluding tert-OH is 2. The third-order valence-corrected chi connectivity index (χ3v) is 4.79. The number of rotatable bonds is 11. The Labute approximate surface area is 191 Å². The van der Waals surface area contributed by atoms with Crippen LogP contribution in [0.5, 0.6) is 5.88 Å². The number of nitrogens with zero attached hydrogens (tertiary/aromatic N) is 4. The molecule has 34 heavy (non-hydrogen) atoms. The van der Waals surface area contributed by atoms with E-state index in [9.17, 15) is 27.5 Å². The Morgan fingerprint density at radius 2 is 2.09 bits per heavy atom. The van der Waals surface area contributed by atoms with Gasteiger partial charge in [0.2, 0.25) is 11.8 Å². The molecule has 3 aromatic heterocycles. The van der Waals surface area contributed by atoms with Crippen LogP contribution in [0.4, 0.5) is 17.6 Å². The molecule has 0 unspecified atom stereocenters. The zero-order valence-corrected chi connectivity index (χ0v) is 18.1. The minimum atomic E-state index is -4.27. The van der Waals surface area contributed by atoms with Gasteiger partial charge in [-0.25, -0.2) is 13.8 Å². The average Bonchev–Trinajstić information content (AvgIpc) is 3.20. The molecule has 13 heteroatoms. The highest BCUT2D eigenvalue weighted by Gasteiger charge is 2.42. The van der Waals surface area contributed by atoms with Gasteiger partial charge in [-0.1, -0.05) is 0 Å². The van der Waals surface area contributed by atoms with Crippen LogP contribution in [0.1, 0.15) is 16.8 Å². The van der Waals surface area contributed by atoms with Gasteiger partial charge in [0, 0.05) is 36.1 Å². The topological polar surface area (TPSA) is 122 Å². The molecule has 0 bridgehead atoms. The Morgan fingerprint density at radius 3 is 2.76 bits per heavy atom. The summed E-state index contributed by atoms with van der Waals surface area (Å²) in [6.07, 6.45) is -0.372. The summed E-state index contributed by atoms with van der Waals surface area (Å²) in [5.74, 6) is -4.82. The Bertz CT molecular complexity index is 1140. The van der Waals surface area contributed by atoms with Gasteiger partial charge in [-0.05, 0) is 24.6 Å². The van der Waals surface area contributed by atoms with E-state index in [1.165, 1.54) is 12.4 Å². The molecule has 3 rings (SSSR count). The number of aromatic nitrogens is 4. The van der Waals surface area contributed by atoms with Crippen LogP contribution in [0.25, 0.3) is 10.9 Å². The molecule has 0 aliphatic carbocycles. The molecule has 0 fully saturated rings. The molecule has 9 nitrogen and oxygen atoms in total. The van der Waals surface area contributed by atoms with E-state index in [2.05, 4.69) is 20.4 Å². The van der Waals surface area contributed by atoms with E-state index in [0.717, 1.165) is 0 Å². The largest absolute Gasteiger partial charge is 0.471 e. The summed E-state index contributed by atoms with van der Waals surface area (Å²) in [4.78, 5) is 20.3. The first-order valence-corrected chi connectivity index (χ1v) is 10.2. The Balaban J connectivity index is 1.69. The second-order valence-corrected chi connectivity index (χ2v) is 7.65. The molecule has 0 radical (unpaired) electrons. The normalized spacial score (nSPS) is 12.8. The van der Waals surface area contributed by atoms with Crippen molar-refractivity contribution >= 4 is 16.8 Å². The third-order valence-electron chi connectivity index (χ3n) is 4.79. The van der Waals surface area contributed by atoms with Crippen LogP contribution in [0, 0.1) is 6.92 Å². The Hall–Kier alpha value is -3.32. The fourth-order valence-electron chi connectivity index (χ4n) is 3.05. The zero-order chi connectivity index (χ0) is 24.9. The van der Waals surface area contributed by atoms with E-state index in [1.54, 1.807) is 29.9 Å². The summed E-state index contributed by atoms with van der Waals surface area (Å²) < 4.78 is 57.1. The minimum absolute atomic E-state index is 0.0584. The summed E-state index contributed by atoms with van der Waals surface area (Å²) >= 11 is 0. The Kier molecular flexibility index (Phi) is 7.99. The van der Waals surface area contributed by atoms with Crippen molar-refractivity contribution in [1.82, 2.24) is 25.1 Å². The summed E-state index contributed by atoms with van der Waals surface area (Å²) in [6.45, 7) is -0.226. The number of carbonyl (C=O) groups is 1. The molecule has 0 aliphatic heterocycles. The van der Waals surface area contributed by atoms with Gasteiger partial charge in [-0.3, -0.25) is 14.5 Å². The number of alkyl halides is 4. The number of ether oxygens (including phenoxy) is 1. The lowest BCUT2D eigenvalue weighted by molar-refractivity contribution is -0.148. The number of aryl methyl sites for hydroxylation is 1. The van der Waals surface area contributed by atoms with Gasteiger partial charge >= 0.3 is 12.3 Å². The van der Waals surface area contributed by atoms with Crippen molar-refractivity contribution in [3.05, 3.63) is 47.5 Å². The SMILES string of the molecule is Cc1cc(Cn2cc3c(CC(=O)NC[C@@H](O)CO)nccc3n2)cnc1OCC(F)(F)C(F)F. The maximum atomic E-state index is 13.1. The molecule has 1 atom stereocenters. The lowest BCUT2D eigenvalue weighted by atomic mass is 10.2. The number of carbonyl (C=O) groups excluding carboxylic acids is 1. The number of hydrogen-bond donors (Lipinski definition) is 3. The first-order valence-electron chi connectivity index (χ1n) is 10.2. The second-order valence-electron chi connectivity index (χ2n) is 7.65. The van der Waals surface area contributed by atoms with E-state index >= 15 is 0 Å². The van der Waals surface area contributed by atoms with E-state index in [1.807, 2.05) is 0 Å². The fraction of sp³-hybridized carbons (Fsp3) is 0.429. The first kappa shape index (κ1) is 25.3. The lowest BCUT2D eigenvalue weighted by Gasteiger charge is -2.16. The van der Waals surface area contributed by atoms with Crippen LogP contribution in [0.2, 0.25) is 0 Å². The van der Waals surface area contributed by atoms with Gasteiger partial charge in [-0.2, -0.15) is 13.9 Å². The van der Waals surface area contributed by atoms with Crippen LogP contribution in [0.15, 0.2) is 30.7 Å². The number of hydrogen-bond acceptors (Lipinski definition) is 7. The van der Waals surface area contributed by atoms with Crippen molar-refractivity contribution in [3.8, 4) is 5.88 Å². The second kappa shape index (κ2) is 10.7. The van der Waals surface area contributed by atoms with Crippen molar-refractivity contribution < 1.29 is 37.3 Å². The molecule has 1 amide bonds. The Morgan fingerprint density at radius 1 is 1.32 bits per heavy atom. The lowest BCUT2D eigenvalue weighted by Crippen LogP contribution is -2.34. The maximum Gasteiger partial charge on any atom is 0.340 e. The van der Waals surface area contributed by atoms with Gasteiger partial charge in [0.1, 0.15) is 0 Å². The van der Waals surface area contributed by atoms with Gasteiger partial charge in [0.15, 0.2) is 6.61 Å². The monoisotopic (exact) mass is 485 g/mol. The molecular formula is C21H23F4N5O4. The van der Waals surface area contributed by atoms with Crippen molar-refractivity contribution in [1.29, 1.82) is 0 Å². The van der Waals surface area contributed by atoms with E-state index in [4.69, 9.17) is 9.84 Å². The summed E-state index contributed by atoms with van der Waals surface area (Å²) in [6, 6.07) is 3.29. The van der Waals surface area contributed by atoms with Gasteiger partial charge < -0.3 is 20.3 Å². The van der Waals surface area contributed by atoms with Crippen LogP contribution in [-0.2, 0) is 17.8 Å². The highest BCUT2D eigenvalue weighted by atomic mass is 19.3. The molecule has 184 valence electrons. The molecular weight excluding hydrogens is 462 g/mol. The van der Waals surface area contributed by atoms with Gasteiger partial charge in [0.05, 0.1) is 36.9 Å². The third kappa shape index (κ3) is 6.38. The van der Waals surface area contributed by atoms with Crippen LogP contribution >= 0.6 is 0 Å². The molecule has 3 N–H and O–H groups in total. The van der Waals surface area contributed by atoms with Crippen molar-refractivity contribution in [2.45, 2.75) is 38.3 Å². The van der Waals surface area contributed by atoms with Gasteiger partial charge in [0.25, 0.3) is 0 Å². The number of halogens is 4. The predicted molar refractivity (Wildman–Crippen MR) is 112 cm³/mol. The minimum Gasteiger partial charge on any atom is -0.471 e. The van der Waals surface area contributed by atoms with Crippen molar-refractivity contribution in [2.75, 3.05) is 19.8 Å². The predicted octanol–water partition coefficient (Wildman–Crippen LogP) is 1.47. The molecule has 0 saturated heterocycles. The van der Waals surface area contributed by atoms with Gasteiger partial charge in [-0.15, -0.1) is 0 Å². The molecule has 0 aliphatic rings. The number of fused-ring (bicyclic) bond motifs is 1. The van der Waals surface area contributed by atoms with Crippen LogP contribution in [0.3, 0.4) is 0 Å². The van der Waals surface area contributed by atoms with E-state index in [0.29, 0.717) is 27.7 Å². The standard InChI is InChI=1S/C21H23F4N5O4/c1-12-4-13(6-28-19(12)34-11-21(24,25)20(22)23)8-30-9-15-16(29-30)2-3-26-17(15)5-18(33)27-7-14(32)10-31/h2-4,6,9,14,20,31-32H,5,7-8,10-11H2,1H3,(H,27,33)/t14-/m1/s1. The molecule has 0 aromatic carbocycles. The summed E-state index contributed by atoms with van der Waals surface area (Å²) in [7, 11) is 0. The van der Waals surface area contributed by atoms with Crippen LogP contribution < -0.4 is 10.1 Å². The fourth-order valence-corrected chi connectivity index (χ4v) is 3.05. The van der Waals surface area contributed by atoms with E-state index < -0.39 is 31.7 Å². The molecule has 3 aromatic rings. The maximum absolute atomic E-state index is 13.1. The average molecular weight is 485 g/mol. The molecule has 0 saturated carbocycles. The molecule has 3 heterocycles. The number of amides is 1. The number of nitrogens with one attached hydrogen (secondary N) is 1. The number of aliphatic hydroxyl groups is 2. The zero-order valence-electron chi connectivity index (χ0n) is 18.1. The highest BCUT2D eigenvalue weighted by Crippen LogP contribution is 2.25. The first-order chi connectivity index (χ1) is 16.1. The summed E-state index contributed by atoms with van der Waals surface area (Å²) in [5.41, 5.74) is 2.11. The quantitative estimate of drug-likeness (QED) is 0.352.